The Balaban J connectivity index is 1.69. The van der Waals surface area contributed by atoms with E-state index in [1.54, 1.807) is 34.0 Å². The first-order chi connectivity index (χ1) is 12.6. The first kappa shape index (κ1) is 17.8. The van der Waals surface area contributed by atoms with E-state index < -0.39 is 0 Å². The van der Waals surface area contributed by atoms with Crippen LogP contribution in [0.3, 0.4) is 0 Å². The van der Waals surface area contributed by atoms with Crippen LogP contribution in [0.2, 0.25) is 0 Å². The highest BCUT2D eigenvalue weighted by Crippen LogP contribution is 2.16. The number of amides is 1. The number of carbonyl (C=O) groups is 1. The summed E-state index contributed by atoms with van der Waals surface area (Å²) in [5, 5.41) is 16.9. The highest BCUT2D eigenvalue weighted by atomic mass is 16.3. The van der Waals surface area contributed by atoms with E-state index in [9.17, 15) is 9.90 Å². The Morgan fingerprint density at radius 1 is 1.38 bits per heavy atom. The molecule has 0 saturated carbocycles. The molecule has 3 rings (SSSR count). The Morgan fingerprint density at radius 3 is 2.88 bits per heavy atom. The number of aryl methyl sites for hydroxylation is 1. The van der Waals surface area contributed by atoms with Crippen molar-refractivity contribution in [2.75, 3.05) is 31.1 Å². The monoisotopic (exact) mass is 356 g/mol. The molecule has 0 bridgehead atoms. The molecule has 2 N–H and O–H groups in total. The molecule has 0 unspecified atom stereocenters. The van der Waals surface area contributed by atoms with E-state index in [2.05, 4.69) is 15.4 Å². The Bertz CT molecular complexity index is 800. The summed E-state index contributed by atoms with van der Waals surface area (Å²) in [6.45, 7) is 4.69. The third kappa shape index (κ3) is 4.14. The summed E-state index contributed by atoms with van der Waals surface area (Å²) in [6.07, 6.45) is 3.55. The molecular formula is C18H24N6O2. The summed E-state index contributed by atoms with van der Waals surface area (Å²) in [5.74, 6) is 0.949. The summed E-state index contributed by atoms with van der Waals surface area (Å²) >= 11 is 0. The minimum atomic E-state index is 0.0206. The number of rotatable bonds is 4. The van der Waals surface area contributed by atoms with Crippen LogP contribution in [-0.4, -0.2) is 57.8 Å². The minimum Gasteiger partial charge on any atom is -0.508 e. The second kappa shape index (κ2) is 7.90. The van der Waals surface area contributed by atoms with Crippen LogP contribution < -0.4 is 10.2 Å². The van der Waals surface area contributed by atoms with E-state index in [1.165, 1.54) is 0 Å². The summed E-state index contributed by atoms with van der Waals surface area (Å²) in [5.41, 5.74) is 1.74. The summed E-state index contributed by atoms with van der Waals surface area (Å²) in [7, 11) is 1.83. The van der Waals surface area contributed by atoms with Crippen molar-refractivity contribution in [2.45, 2.75) is 13.5 Å². The zero-order valence-electron chi connectivity index (χ0n) is 15.1. The molecule has 0 radical (unpaired) electrons. The number of piperazine rings is 1. The van der Waals surface area contributed by atoms with Crippen molar-refractivity contribution < 1.29 is 9.90 Å². The number of hydrogen-bond donors (Lipinski definition) is 2. The van der Waals surface area contributed by atoms with E-state index >= 15 is 0 Å². The lowest BCUT2D eigenvalue weighted by atomic mass is 10.2. The number of benzene rings is 1. The van der Waals surface area contributed by atoms with Gasteiger partial charge in [-0.1, -0.05) is 12.1 Å². The van der Waals surface area contributed by atoms with Gasteiger partial charge in [0.25, 0.3) is 0 Å². The summed E-state index contributed by atoms with van der Waals surface area (Å²) in [6, 6.07) is 7.04. The van der Waals surface area contributed by atoms with Gasteiger partial charge in [0, 0.05) is 32.9 Å². The molecule has 0 spiro atoms. The van der Waals surface area contributed by atoms with Gasteiger partial charge in [-0.05, 0) is 24.6 Å². The largest absolute Gasteiger partial charge is 0.508 e. The van der Waals surface area contributed by atoms with Crippen molar-refractivity contribution in [1.82, 2.24) is 20.0 Å². The first-order valence-electron chi connectivity index (χ1n) is 8.67. The normalized spacial score (nSPS) is 15.5. The van der Waals surface area contributed by atoms with Gasteiger partial charge < -0.3 is 20.2 Å². The molecule has 0 atom stereocenters. The number of phenols is 1. The topological polar surface area (TPSA) is 86.0 Å². The summed E-state index contributed by atoms with van der Waals surface area (Å²) < 4.78 is 1.69. The molecule has 8 heteroatoms. The highest BCUT2D eigenvalue weighted by molar-refractivity contribution is 5.98. The van der Waals surface area contributed by atoms with Crippen LogP contribution in [0.25, 0.3) is 0 Å². The average molecular weight is 356 g/mol. The van der Waals surface area contributed by atoms with Gasteiger partial charge in [0.2, 0.25) is 5.91 Å². The lowest BCUT2D eigenvalue weighted by Gasteiger charge is -2.35. The summed E-state index contributed by atoms with van der Waals surface area (Å²) in [4.78, 5) is 20.9. The molecule has 26 heavy (non-hydrogen) atoms. The molecule has 1 aromatic heterocycles. The molecule has 1 saturated heterocycles. The fourth-order valence-electron chi connectivity index (χ4n) is 2.92. The number of aliphatic imine (C=N–C) groups is 1. The molecule has 8 nitrogen and oxygen atoms in total. The number of phenolic OH excluding ortho intramolecular Hbond substituents is 1. The van der Waals surface area contributed by atoms with Crippen LogP contribution in [0.15, 0.2) is 41.7 Å². The van der Waals surface area contributed by atoms with Crippen LogP contribution in [0.5, 0.6) is 5.75 Å². The number of aromatic hydroxyl groups is 1. The average Bonchev–Trinajstić information content (AvgIpc) is 3.04. The van der Waals surface area contributed by atoms with E-state index in [0.717, 1.165) is 17.8 Å². The van der Waals surface area contributed by atoms with Crippen LogP contribution in [0, 0.1) is 0 Å². The quantitative estimate of drug-likeness (QED) is 0.629. The van der Waals surface area contributed by atoms with E-state index in [-0.39, 0.29) is 18.2 Å². The maximum Gasteiger partial charge on any atom is 0.246 e. The van der Waals surface area contributed by atoms with Crippen molar-refractivity contribution >= 4 is 17.6 Å². The zero-order chi connectivity index (χ0) is 18.5. The Morgan fingerprint density at radius 2 is 2.23 bits per heavy atom. The molecule has 2 heterocycles. The zero-order valence-corrected chi connectivity index (χ0v) is 15.1. The SMILES string of the molecule is CCNC(=NCc1cccc(O)c1)N1CCN(c2cnn(C)c2)C(=O)C1. The second-order valence-electron chi connectivity index (χ2n) is 6.18. The molecule has 1 amide bonds. The van der Waals surface area contributed by atoms with E-state index in [4.69, 9.17) is 0 Å². The minimum absolute atomic E-state index is 0.0206. The van der Waals surface area contributed by atoms with Gasteiger partial charge in [0.1, 0.15) is 12.3 Å². The van der Waals surface area contributed by atoms with Gasteiger partial charge in [0.05, 0.1) is 18.4 Å². The van der Waals surface area contributed by atoms with Gasteiger partial charge in [-0.2, -0.15) is 5.10 Å². The number of nitrogens with zero attached hydrogens (tertiary/aromatic N) is 5. The predicted octanol–water partition coefficient (Wildman–Crippen LogP) is 0.940. The number of aromatic nitrogens is 2. The lowest BCUT2D eigenvalue weighted by molar-refractivity contribution is -0.120. The Kier molecular flexibility index (Phi) is 5.40. The van der Waals surface area contributed by atoms with Crippen LogP contribution in [0.1, 0.15) is 12.5 Å². The molecule has 2 aromatic rings. The van der Waals surface area contributed by atoms with Gasteiger partial charge in [-0.3, -0.25) is 9.48 Å². The number of anilines is 1. The van der Waals surface area contributed by atoms with Crippen molar-refractivity contribution in [3.05, 3.63) is 42.2 Å². The standard InChI is InChI=1S/C18H24N6O2/c1-3-19-18(20-10-14-5-4-6-16(25)9-14)23-7-8-24(17(26)13-23)15-11-21-22(2)12-15/h4-6,9,11-12,25H,3,7-8,10,13H2,1-2H3,(H,19,20). The van der Waals surface area contributed by atoms with Crippen LogP contribution in [0.4, 0.5) is 5.69 Å². The molecule has 1 aliphatic rings. The molecule has 138 valence electrons. The molecule has 1 fully saturated rings. The number of carbonyl (C=O) groups excluding carboxylic acids is 1. The molecule has 0 aliphatic carbocycles. The Labute approximate surface area is 152 Å². The number of hydrogen-bond acceptors (Lipinski definition) is 4. The van der Waals surface area contributed by atoms with Crippen LogP contribution >= 0.6 is 0 Å². The van der Waals surface area contributed by atoms with Crippen LogP contribution in [-0.2, 0) is 18.4 Å². The number of nitrogens with one attached hydrogen (secondary N) is 1. The molecular weight excluding hydrogens is 332 g/mol. The third-order valence-electron chi connectivity index (χ3n) is 4.18. The van der Waals surface area contributed by atoms with E-state index in [1.807, 2.05) is 31.1 Å². The molecule has 1 aliphatic heterocycles. The molecule has 1 aromatic carbocycles. The highest BCUT2D eigenvalue weighted by Gasteiger charge is 2.27. The maximum atomic E-state index is 12.6. The lowest BCUT2D eigenvalue weighted by Crippen LogP contribution is -2.55. The maximum absolute atomic E-state index is 12.6. The second-order valence-corrected chi connectivity index (χ2v) is 6.18. The van der Waals surface area contributed by atoms with Crippen molar-refractivity contribution in [3.8, 4) is 5.75 Å². The van der Waals surface area contributed by atoms with Gasteiger partial charge in [0.15, 0.2) is 5.96 Å². The fourth-order valence-corrected chi connectivity index (χ4v) is 2.92. The van der Waals surface area contributed by atoms with Crippen molar-refractivity contribution in [1.29, 1.82) is 0 Å². The van der Waals surface area contributed by atoms with Gasteiger partial charge in [-0.25, -0.2) is 4.99 Å². The van der Waals surface area contributed by atoms with Crippen molar-refractivity contribution in [2.24, 2.45) is 12.0 Å². The Hall–Kier alpha value is -3.03. The van der Waals surface area contributed by atoms with E-state index in [0.29, 0.717) is 25.6 Å². The predicted molar refractivity (Wildman–Crippen MR) is 100 cm³/mol. The fraction of sp³-hybridized carbons (Fsp3) is 0.389. The third-order valence-corrected chi connectivity index (χ3v) is 4.18. The van der Waals surface area contributed by atoms with Gasteiger partial charge >= 0.3 is 0 Å². The van der Waals surface area contributed by atoms with Crippen molar-refractivity contribution in [3.63, 3.8) is 0 Å². The van der Waals surface area contributed by atoms with Gasteiger partial charge in [-0.15, -0.1) is 0 Å². The number of guanidine groups is 1. The smallest absolute Gasteiger partial charge is 0.246 e. The first-order valence-corrected chi connectivity index (χ1v) is 8.67.